The Morgan fingerprint density at radius 3 is 2.57 bits per heavy atom. The Bertz CT molecular complexity index is 715. The normalized spacial score (nSPS) is 9.62. The standard InChI is InChI=1S/C16H13BrN2O2/c17-12-5-8-14(15(20)10-12)16(21)19-13-6-3-11(4-7-13)2-1-9-18/h3-8,10,20H,9,18H2,(H,19,21). The van der Waals surface area contributed by atoms with Crippen LogP contribution in [0.4, 0.5) is 5.69 Å². The number of carbonyl (C=O) groups is 1. The van der Waals surface area contributed by atoms with Gasteiger partial charge < -0.3 is 16.2 Å². The highest BCUT2D eigenvalue weighted by molar-refractivity contribution is 9.10. The van der Waals surface area contributed by atoms with Crippen LogP contribution in [0.5, 0.6) is 5.75 Å². The first-order chi connectivity index (χ1) is 10.1. The lowest BCUT2D eigenvalue weighted by Crippen LogP contribution is -2.11. The average Bonchev–Trinajstić information content (AvgIpc) is 2.46. The zero-order valence-electron chi connectivity index (χ0n) is 11.1. The quantitative estimate of drug-likeness (QED) is 0.733. The molecule has 0 spiro atoms. The van der Waals surface area contributed by atoms with E-state index >= 15 is 0 Å². The summed E-state index contributed by atoms with van der Waals surface area (Å²) in [5.41, 5.74) is 6.97. The Labute approximate surface area is 131 Å². The number of carbonyl (C=O) groups excluding carboxylic acids is 1. The number of hydrogen-bond donors (Lipinski definition) is 3. The molecule has 0 aromatic heterocycles. The highest BCUT2D eigenvalue weighted by Gasteiger charge is 2.11. The summed E-state index contributed by atoms with van der Waals surface area (Å²) in [4.78, 5) is 12.1. The first kappa shape index (κ1) is 15.1. The molecule has 0 radical (unpaired) electrons. The van der Waals surface area contributed by atoms with E-state index < -0.39 is 0 Å². The van der Waals surface area contributed by atoms with Gasteiger partial charge in [-0.3, -0.25) is 4.79 Å². The Morgan fingerprint density at radius 2 is 1.95 bits per heavy atom. The first-order valence-corrected chi connectivity index (χ1v) is 6.98. The van der Waals surface area contributed by atoms with Crippen molar-refractivity contribution in [2.45, 2.75) is 0 Å². The Hall–Kier alpha value is -2.29. The fourth-order valence-corrected chi connectivity index (χ4v) is 2.03. The van der Waals surface area contributed by atoms with Gasteiger partial charge in [0.25, 0.3) is 5.91 Å². The van der Waals surface area contributed by atoms with Gasteiger partial charge >= 0.3 is 0 Å². The third-order valence-electron chi connectivity index (χ3n) is 2.68. The third kappa shape index (κ3) is 4.09. The van der Waals surface area contributed by atoms with Crippen LogP contribution in [0, 0.1) is 11.8 Å². The summed E-state index contributed by atoms with van der Waals surface area (Å²) in [5, 5.41) is 12.5. The Balaban J connectivity index is 2.12. The topological polar surface area (TPSA) is 75.3 Å². The van der Waals surface area contributed by atoms with E-state index in [2.05, 4.69) is 33.1 Å². The van der Waals surface area contributed by atoms with Crippen molar-refractivity contribution in [2.75, 3.05) is 11.9 Å². The van der Waals surface area contributed by atoms with Crippen LogP contribution in [-0.4, -0.2) is 17.6 Å². The molecular formula is C16H13BrN2O2. The number of rotatable bonds is 2. The highest BCUT2D eigenvalue weighted by Crippen LogP contribution is 2.23. The van der Waals surface area contributed by atoms with E-state index in [1.54, 1.807) is 36.4 Å². The lowest BCUT2D eigenvalue weighted by molar-refractivity contribution is 0.102. The van der Waals surface area contributed by atoms with Gasteiger partial charge in [0.15, 0.2) is 0 Å². The SMILES string of the molecule is NCC#Cc1ccc(NC(=O)c2ccc(Br)cc2O)cc1. The summed E-state index contributed by atoms with van der Waals surface area (Å²) in [6.45, 7) is 0.307. The van der Waals surface area contributed by atoms with Crippen molar-refractivity contribution in [1.29, 1.82) is 0 Å². The van der Waals surface area contributed by atoms with Crippen LogP contribution < -0.4 is 11.1 Å². The van der Waals surface area contributed by atoms with Gasteiger partial charge in [-0.2, -0.15) is 0 Å². The molecule has 106 valence electrons. The van der Waals surface area contributed by atoms with Crippen LogP contribution in [0.15, 0.2) is 46.9 Å². The molecule has 2 aromatic rings. The number of hydrogen-bond acceptors (Lipinski definition) is 3. The molecule has 1 amide bonds. The van der Waals surface area contributed by atoms with Gasteiger partial charge in [-0.25, -0.2) is 0 Å². The highest BCUT2D eigenvalue weighted by atomic mass is 79.9. The fraction of sp³-hybridized carbons (Fsp3) is 0.0625. The minimum absolute atomic E-state index is 0.0766. The summed E-state index contributed by atoms with van der Waals surface area (Å²) in [5.74, 6) is 5.20. The van der Waals surface area contributed by atoms with E-state index in [1.807, 2.05) is 0 Å². The van der Waals surface area contributed by atoms with Gasteiger partial charge in [0.2, 0.25) is 0 Å². The van der Waals surface area contributed by atoms with Gasteiger partial charge in [0.05, 0.1) is 12.1 Å². The molecule has 0 saturated heterocycles. The lowest BCUT2D eigenvalue weighted by atomic mass is 10.1. The Kier molecular flexibility index (Phi) is 4.99. The summed E-state index contributed by atoms with van der Waals surface area (Å²) in [6.07, 6.45) is 0. The van der Waals surface area contributed by atoms with E-state index in [1.165, 1.54) is 6.07 Å². The average molecular weight is 345 g/mol. The molecule has 0 bridgehead atoms. The molecule has 0 aliphatic heterocycles. The number of nitrogens with two attached hydrogens (primary N) is 1. The van der Waals surface area contributed by atoms with E-state index in [4.69, 9.17) is 5.73 Å². The van der Waals surface area contributed by atoms with E-state index in [0.29, 0.717) is 16.7 Å². The second-order valence-corrected chi connectivity index (χ2v) is 5.11. The van der Waals surface area contributed by atoms with Gasteiger partial charge in [0.1, 0.15) is 5.75 Å². The Morgan fingerprint density at radius 1 is 1.24 bits per heavy atom. The summed E-state index contributed by atoms with van der Waals surface area (Å²) in [6, 6.07) is 11.8. The number of amides is 1. The lowest BCUT2D eigenvalue weighted by Gasteiger charge is -2.07. The predicted octanol–water partition coefficient (Wildman–Crippen LogP) is 2.72. The van der Waals surface area contributed by atoms with Gasteiger partial charge in [0, 0.05) is 15.7 Å². The smallest absolute Gasteiger partial charge is 0.259 e. The molecule has 2 rings (SSSR count). The van der Waals surface area contributed by atoms with Crippen molar-refractivity contribution < 1.29 is 9.90 Å². The van der Waals surface area contributed by atoms with Crippen LogP contribution in [0.1, 0.15) is 15.9 Å². The third-order valence-corrected chi connectivity index (χ3v) is 3.18. The second-order valence-electron chi connectivity index (χ2n) is 4.20. The van der Waals surface area contributed by atoms with Crippen LogP contribution in [-0.2, 0) is 0 Å². The van der Waals surface area contributed by atoms with Crippen molar-refractivity contribution in [3.63, 3.8) is 0 Å². The molecule has 0 unspecified atom stereocenters. The first-order valence-electron chi connectivity index (χ1n) is 6.19. The number of benzene rings is 2. The van der Waals surface area contributed by atoms with Crippen molar-refractivity contribution in [3.05, 3.63) is 58.1 Å². The van der Waals surface area contributed by atoms with Gasteiger partial charge in [-0.05, 0) is 42.5 Å². The van der Waals surface area contributed by atoms with E-state index in [0.717, 1.165) is 5.56 Å². The monoisotopic (exact) mass is 344 g/mol. The van der Waals surface area contributed by atoms with Crippen LogP contribution in [0.2, 0.25) is 0 Å². The summed E-state index contributed by atoms with van der Waals surface area (Å²) < 4.78 is 0.708. The molecule has 0 saturated carbocycles. The molecule has 0 atom stereocenters. The molecule has 0 aliphatic carbocycles. The van der Waals surface area contributed by atoms with Crippen LogP contribution in [0.25, 0.3) is 0 Å². The molecule has 21 heavy (non-hydrogen) atoms. The minimum Gasteiger partial charge on any atom is -0.507 e. The maximum Gasteiger partial charge on any atom is 0.259 e. The predicted molar refractivity (Wildman–Crippen MR) is 86.1 cm³/mol. The molecule has 0 heterocycles. The second kappa shape index (κ2) is 6.93. The van der Waals surface area contributed by atoms with Crippen molar-refractivity contribution >= 4 is 27.5 Å². The molecule has 5 heteroatoms. The zero-order valence-corrected chi connectivity index (χ0v) is 12.6. The maximum absolute atomic E-state index is 12.1. The molecular weight excluding hydrogens is 332 g/mol. The number of phenols is 1. The summed E-state index contributed by atoms with van der Waals surface area (Å²) >= 11 is 3.23. The van der Waals surface area contributed by atoms with Gasteiger partial charge in [-0.15, -0.1) is 0 Å². The zero-order chi connectivity index (χ0) is 15.2. The number of anilines is 1. The van der Waals surface area contributed by atoms with Gasteiger partial charge in [-0.1, -0.05) is 27.8 Å². The number of phenolic OH excluding ortho intramolecular Hbond substituents is 1. The number of nitrogens with one attached hydrogen (secondary N) is 1. The van der Waals surface area contributed by atoms with E-state index in [9.17, 15) is 9.90 Å². The molecule has 0 aliphatic rings. The summed E-state index contributed by atoms with van der Waals surface area (Å²) in [7, 11) is 0. The van der Waals surface area contributed by atoms with Crippen molar-refractivity contribution in [3.8, 4) is 17.6 Å². The number of aromatic hydroxyl groups is 1. The molecule has 0 fully saturated rings. The van der Waals surface area contributed by atoms with Crippen LogP contribution in [0.3, 0.4) is 0 Å². The molecule has 4 N–H and O–H groups in total. The van der Waals surface area contributed by atoms with Crippen molar-refractivity contribution in [1.82, 2.24) is 0 Å². The fourth-order valence-electron chi connectivity index (χ4n) is 1.69. The van der Waals surface area contributed by atoms with E-state index in [-0.39, 0.29) is 17.2 Å². The largest absolute Gasteiger partial charge is 0.507 e. The minimum atomic E-state index is -0.374. The maximum atomic E-state index is 12.1. The van der Waals surface area contributed by atoms with Crippen molar-refractivity contribution in [2.24, 2.45) is 5.73 Å². The number of halogens is 1. The van der Waals surface area contributed by atoms with Crippen LogP contribution >= 0.6 is 15.9 Å². The molecule has 4 nitrogen and oxygen atoms in total. The molecule has 2 aromatic carbocycles.